The summed E-state index contributed by atoms with van der Waals surface area (Å²) < 4.78 is 11.6. The van der Waals surface area contributed by atoms with Gasteiger partial charge in [0.2, 0.25) is 5.91 Å². The summed E-state index contributed by atoms with van der Waals surface area (Å²) in [5.41, 5.74) is 1.18. The zero-order valence-electron chi connectivity index (χ0n) is 14.8. The molecule has 26 heavy (non-hydrogen) atoms. The van der Waals surface area contributed by atoms with E-state index in [0.717, 1.165) is 44.5 Å². The van der Waals surface area contributed by atoms with Gasteiger partial charge in [-0.3, -0.25) is 14.7 Å². The smallest absolute Gasteiger partial charge is 0.249 e. The molecule has 6 heteroatoms. The first-order valence-electron chi connectivity index (χ1n) is 9.38. The van der Waals surface area contributed by atoms with Crippen molar-refractivity contribution in [3.63, 3.8) is 0 Å². The van der Waals surface area contributed by atoms with Gasteiger partial charge in [0.05, 0.1) is 18.9 Å². The van der Waals surface area contributed by atoms with Crippen molar-refractivity contribution in [3.05, 3.63) is 54.2 Å². The number of amides is 1. The Balaban J connectivity index is 1.24. The van der Waals surface area contributed by atoms with Gasteiger partial charge < -0.3 is 14.5 Å². The van der Waals surface area contributed by atoms with Crippen molar-refractivity contribution < 1.29 is 13.9 Å². The molecule has 2 aromatic heterocycles. The summed E-state index contributed by atoms with van der Waals surface area (Å²) >= 11 is 0. The highest BCUT2D eigenvalue weighted by Crippen LogP contribution is 2.32. The summed E-state index contributed by atoms with van der Waals surface area (Å²) in [7, 11) is 0. The van der Waals surface area contributed by atoms with Crippen molar-refractivity contribution in [1.29, 1.82) is 0 Å². The lowest BCUT2D eigenvalue weighted by molar-refractivity contribution is -0.143. The van der Waals surface area contributed by atoms with Crippen molar-refractivity contribution in [2.24, 2.45) is 0 Å². The Morgan fingerprint density at radius 3 is 2.92 bits per heavy atom. The molecular weight excluding hydrogens is 330 g/mol. The Labute approximate surface area is 153 Å². The van der Waals surface area contributed by atoms with E-state index >= 15 is 0 Å². The molecule has 2 aliphatic rings. The number of fused-ring (bicyclic) bond motifs is 1. The fourth-order valence-electron chi connectivity index (χ4n) is 4.00. The van der Waals surface area contributed by atoms with Crippen LogP contribution in [0.15, 0.2) is 47.3 Å². The summed E-state index contributed by atoms with van der Waals surface area (Å²) in [6.07, 6.45) is 8.64. The first kappa shape index (κ1) is 17.2. The zero-order valence-corrected chi connectivity index (χ0v) is 14.8. The molecule has 2 aliphatic heterocycles. The molecule has 0 aromatic carbocycles. The normalized spacial score (nSPS) is 25.8. The average molecular weight is 355 g/mol. The lowest BCUT2D eigenvalue weighted by Gasteiger charge is -2.35. The van der Waals surface area contributed by atoms with Gasteiger partial charge in [-0.2, -0.15) is 0 Å². The van der Waals surface area contributed by atoms with Crippen molar-refractivity contribution >= 4 is 5.91 Å². The second-order valence-electron chi connectivity index (χ2n) is 7.04. The Kier molecular flexibility index (Phi) is 5.32. The maximum atomic E-state index is 12.4. The van der Waals surface area contributed by atoms with Crippen LogP contribution in [0.3, 0.4) is 0 Å². The van der Waals surface area contributed by atoms with E-state index in [2.05, 4.69) is 15.2 Å². The Morgan fingerprint density at radius 2 is 2.12 bits per heavy atom. The second-order valence-corrected chi connectivity index (χ2v) is 7.04. The number of hydrogen-bond acceptors (Lipinski definition) is 5. The van der Waals surface area contributed by atoms with Crippen molar-refractivity contribution in [2.45, 2.75) is 50.5 Å². The van der Waals surface area contributed by atoms with Gasteiger partial charge in [0.15, 0.2) is 0 Å². The number of likely N-dealkylation sites (tertiary alicyclic amines) is 1. The van der Waals surface area contributed by atoms with Gasteiger partial charge in [-0.15, -0.1) is 0 Å². The van der Waals surface area contributed by atoms with Crippen LogP contribution >= 0.6 is 0 Å². The molecule has 2 saturated heterocycles. The third kappa shape index (κ3) is 3.97. The minimum absolute atomic E-state index is 0.0157. The fraction of sp³-hybridized carbons (Fsp3) is 0.500. The number of carbonyl (C=O) groups is 1. The number of aromatic nitrogens is 1. The monoisotopic (exact) mass is 355 g/mol. The van der Waals surface area contributed by atoms with Gasteiger partial charge in [0.25, 0.3) is 0 Å². The Morgan fingerprint density at radius 1 is 1.23 bits per heavy atom. The number of ether oxygens (including phenoxy) is 1. The molecule has 0 aliphatic carbocycles. The number of rotatable bonds is 6. The number of carbonyl (C=O) groups excluding carboxylic acids is 1. The van der Waals surface area contributed by atoms with E-state index in [4.69, 9.17) is 9.15 Å². The van der Waals surface area contributed by atoms with Gasteiger partial charge in [-0.05, 0) is 55.5 Å². The predicted molar refractivity (Wildman–Crippen MR) is 96.4 cm³/mol. The Hall–Kier alpha value is -2.18. The van der Waals surface area contributed by atoms with Crippen molar-refractivity contribution in [3.8, 4) is 0 Å². The highest BCUT2D eigenvalue weighted by atomic mass is 16.5. The molecule has 3 atom stereocenters. The molecule has 2 aromatic rings. The van der Waals surface area contributed by atoms with Crippen LogP contribution in [-0.2, 0) is 22.5 Å². The second kappa shape index (κ2) is 8.01. The van der Waals surface area contributed by atoms with Gasteiger partial charge >= 0.3 is 0 Å². The van der Waals surface area contributed by atoms with E-state index in [0.29, 0.717) is 12.6 Å². The molecule has 0 saturated carbocycles. The number of nitrogens with one attached hydrogen (secondary N) is 1. The lowest BCUT2D eigenvalue weighted by Crippen LogP contribution is -2.47. The molecule has 4 heterocycles. The van der Waals surface area contributed by atoms with E-state index in [1.165, 1.54) is 5.56 Å². The molecule has 0 spiro atoms. The highest BCUT2D eigenvalue weighted by molar-refractivity contribution is 5.80. The third-order valence-electron chi connectivity index (χ3n) is 5.36. The SMILES string of the molecule is O=C(NCCc1ccncc1)[C@@H]1CC[C@@H]2[C@@H](CCN2Cc2ccco2)O1. The summed E-state index contributed by atoms with van der Waals surface area (Å²) in [5.74, 6) is 1.00. The molecule has 0 bridgehead atoms. The number of pyridine rings is 1. The minimum atomic E-state index is -0.322. The summed E-state index contributed by atoms with van der Waals surface area (Å²) in [6, 6.07) is 8.27. The maximum Gasteiger partial charge on any atom is 0.249 e. The van der Waals surface area contributed by atoms with Crippen LogP contribution in [0.25, 0.3) is 0 Å². The molecule has 6 nitrogen and oxygen atoms in total. The van der Waals surface area contributed by atoms with Crippen LogP contribution < -0.4 is 5.32 Å². The molecule has 0 unspecified atom stereocenters. The van der Waals surface area contributed by atoms with Crippen LogP contribution in [0.5, 0.6) is 0 Å². The number of furan rings is 1. The fourth-order valence-corrected chi connectivity index (χ4v) is 4.00. The van der Waals surface area contributed by atoms with E-state index in [9.17, 15) is 4.79 Å². The summed E-state index contributed by atoms with van der Waals surface area (Å²) in [4.78, 5) is 18.9. The van der Waals surface area contributed by atoms with Gasteiger partial charge in [0.1, 0.15) is 11.9 Å². The zero-order chi connectivity index (χ0) is 17.8. The number of hydrogen-bond donors (Lipinski definition) is 1. The average Bonchev–Trinajstić information content (AvgIpc) is 3.33. The molecule has 0 radical (unpaired) electrons. The van der Waals surface area contributed by atoms with E-state index in [1.807, 2.05) is 24.3 Å². The van der Waals surface area contributed by atoms with Gasteiger partial charge in [-0.1, -0.05) is 0 Å². The molecule has 1 amide bonds. The quantitative estimate of drug-likeness (QED) is 0.860. The maximum absolute atomic E-state index is 12.4. The molecular formula is C20H25N3O3. The standard InChI is InChI=1S/C20H25N3O3/c24-20(22-11-7-15-5-9-21-10-6-15)19-4-3-17-18(26-19)8-12-23(17)14-16-2-1-13-25-16/h1-2,5-6,9-10,13,17-19H,3-4,7-8,11-12,14H2,(H,22,24)/t17-,18-,19+/m1/s1. The first-order valence-corrected chi connectivity index (χ1v) is 9.38. The third-order valence-corrected chi connectivity index (χ3v) is 5.36. The molecule has 2 fully saturated rings. The molecule has 138 valence electrons. The molecule has 1 N–H and O–H groups in total. The summed E-state index contributed by atoms with van der Waals surface area (Å²) in [5, 5.41) is 3.02. The van der Waals surface area contributed by atoms with Crippen LogP contribution in [-0.4, -0.2) is 47.1 Å². The van der Waals surface area contributed by atoms with E-state index in [-0.39, 0.29) is 18.1 Å². The summed E-state index contributed by atoms with van der Waals surface area (Å²) in [6.45, 7) is 2.44. The van der Waals surface area contributed by atoms with Crippen LogP contribution in [0.2, 0.25) is 0 Å². The lowest BCUT2D eigenvalue weighted by atomic mass is 9.98. The topological polar surface area (TPSA) is 67.6 Å². The highest BCUT2D eigenvalue weighted by Gasteiger charge is 2.41. The van der Waals surface area contributed by atoms with Crippen LogP contribution in [0.4, 0.5) is 0 Å². The largest absolute Gasteiger partial charge is 0.468 e. The van der Waals surface area contributed by atoms with Crippen molar-refractivity contribution in [1.82, 2.24) is 15.2 Å². The van der Waals surface area contributed by atoms with Gasteiger partial charge in [-0.25, -0.2) is 0 Å². The first-order chi connectivity index (χ1) is 12.8. The van der Waals surface area contributed by atoms with E-state index < -0.39 is 0 Å². The predicted octanol–water partition coefficient (Wildman–Crippen LogP) is 2.16. The van der Waals surface area contributed by atoms with Crippen molar-refractivity contribution in [2.75, 3.05) is 13.1 Å². The number of nitrogens with zero attached hydrogens (tertiary/aromatic N) is 2. The van der Waals surface area contributed by atoms with Gasteiger partial charge in [0, 0.05) is 31.5 Å². The van der Waals surface area contributed by atoms with Crippen LogP contribution in [0, 0.1) is 0 Å². The minimum Gasteiger partial charge on any atom is -0.468 e. The van der Waals surface area contributed by atoms with Crippen LogP contribution in [0.1, 0.15) is 30.6 Å². The molecule has 4 rings (SSSR count). The van der Waals surface area contributed by atoms with E-state index in [1.54, 1.807) is 18.7 Å². The Bertz CT molecular complexity index is 704.